The molecule has 0 fully saturated rings. The summed E-state index contributed by atoms with van der Waals surface area (Å²) in [5.74, 6) is -2.65. The number of ether oxygens (including phenoxy) is 1. The summed E-state index contributed by atoms with van der Waals surface area (Å²) in [5, 5.41) is 14.7. The summed E-state index contributed by atoms with van der Waals surface area (Å²) in [6.45, 7) is 0.421. The summed E-state index contributed by atoms with van der Waals surface area (Å²) in [6.07, 6.45) is 3.12. The summed E-state index contributed by atoms with van der Waals surface area (Å²) in [7, 11) is 0. The number of benzene rings is 1. The van der Waals surface area contributed by atoms with Crippen LogP contribution in [0.4, 0.5) is 18.6 Å². The van der Waals surface area contributed by atoms with E-state index in [1.807, 2.05) is 0 Å². The number of anilines is 1. The van der Waals surface area contributed by atoms with E-state index in [-0.39, 0.29) is 32.4 Å². The van der Waals surface area contributed by atoms with E-state index in [9.17, 15) is 23.5 Å². The van der Waals surface area contributed by atoms with Crippen molar-refractivity contribution in [3.8, 4) is 11.8 Å². The van der Waals surface area contributed by atoms with Crippen LogP contribution in [0.3, 0.4) is 0 Å². The molecule has 0 aliphatic rings. The molecule has 1 aromatic carbocycles. The van der Waals surface area contributed by atoms with Gasteiger partial charge in [-0.3, -0.25) is 10.1 Å². The number of carbonyl (C=O) groups is 2. The number of hydrogen-bond donors (Lipinski definition) is 4. The predicted molar refractivity (Wildman–Crippen MR) is 121 cm³/mol. The number of hydrogen-bond acceptors (Lipinski definition) is 6. The number of unbranched alkanes of at least 4 members (excludes halogenated alkanes) is 1. The zero-order chi connectivity index (χ0) is 24.0. The lowest BCUT2D eigenvalue weighted by Crippen LogP contribution is -2.30. The van der Waals surface area contributed by atoms with Gasteiger partial charge in [0.25, 0.3) is 5.91 Å². The van der Waals surface area contributed by atoms with E-state index in [4.69, 9.17) is 10.5 Å². The fourth-order valence-corrected chi connectivity index (χ4v) is 4.02. The van der Waals surface area contributed by atoms with Gasteiger partial charge >= 0.3 is 6.03 Å². The molecule has 2 aromatic heterocycles. The lowest BCUT2D eigenvalue weighted by Gasteiger charge is -2.09. The maximum absolute atomic E-state index is 14.0. The molecule has 3 rings (SSSR count). The van der Waals surface area contributed by atoms with E-state index in [1.54, 1.807) is 22.9 Å². The first-order chi connectivity index (χ1) is 15.8. The van der Waals surface area contributed by atoms with E-state index in [0.717, 1.165) is 30.1 Å². The highest BCUT2D eigenvalue weighted by Gasteiger charge is 2.23. The average Bonchev–Trinajstić information content (AvgIpc) is 3.32. The molecule has 2 heterocycles. The lowest BCUT2D eigenvalue weighted by molar-refractivity contribution is 0.0996. The zero-order valence-electron chi connectivity index (χ0n) is 17.1. The van der Waals surface area contributed by atoms with Crippen LogP contribution in [-0.2, 0) is 13.2 Å². The van der Waals surface area contributed by atoms with Crippen molar-refractivity contribution in [2.75, 3.05) is 11.9 Å². The molecule has 0 saturated heterocycles. The Morgan fingerprint density at radius 2 is 2.00 bits per heavy atom. The van der Waals surface area contributed by atoms with Crippen molar-refractivity contribution in [3.63, 3.8) is 0 Å². The maximum Gasteiger partial charge on any atom is 0.319 e. The van der Waals surface area contributed by atoms with Gasteiger partial charge in [-0.1, -0.05) is 15.9 Å². The molecule has 0 spiro atoms. The minimum absolute atomic E-state index is 0.0454. The summed E-state index contributed by atoms with van der Waals surface area (Å²) < 4.78 is 39.1. The topological polar surface area (TPSA) is 132 Å². The fourth-order valence-electron chi connectivity index (χ4n) is 2.88. The minimum atomic E-state index is -0.919. The number of rotatable bonds is 10. The molecule has 0 bridgehead atoms. The number of urea groups is 1. The molecule has 3 amide bonds. The standard InChI is InChI=1S/C20H20BrF2N5O4S/c21-11-8-13(22)12(14(23)9-11)10-32-18-16(17(24)30)19(33-27-18)26-20(31)25-5-1-2-6-28-7-3-4-15(28)29/h3-4,7-9,29H,1-2,5-6,10H2,(H2,24,30)(H2,25,26,31). The van der Waals surface area contributed by atoms with Gasteiger partial charge in [-0.25, -0.2) is 13.6 Å². The number of halogens is 3. The summed E-state index contributed by atoms with van der Waals surface area (Å²) in [5.41, 5.74) is 4.84. The fraction of sp³-hybridized carbons (Fsp3) is 0.250. The number of primary amides is 1. The number of aromatic nitrogens is 2. The Hall–Kier alpha value is -3.19. The van der Waals surface area contributed by atoms with Gasteiger partial charge in [0.2, 0.25) is 5.88 Å². The van der Waals surface area contributed by atoms with E-state index in [1.165, 1.54) is 0 Å². The number of nitrogens with two attached hydrogens (primary N) is 1. The van der Waals surface area contributed by atoms with Crippen LogP contribution in [0.15, 0.2) is 34.9 Å². The Kier molecular flexibility index (Phi) is 8.22. The van der Waals surface area contributed by atoms with Crippen molar-refractivity contribution in [2.45, 2.75) is 26.0 Å². The van der Waals surface area contributed by atoms with Gasteiger partial charge in [-0.15, -0.1) is 0 Å². The normalized spacial score (nSPS) is 10.8. The van der Waals surface area contributed by atoms with Gasteiger partial charge in [0.15, 0.2) is 5.88 Å². The number of nitrogens with one attached hydrogen (secondary N) is 2. The van der Waals surface area contributed by atoms with Crippen molar-refractivity contribution >= 4 is 44.4 Å². The van der Waals surface area contributed by atoms with Crippen molar-refractivity contribution in [2.24, 2.45) is 5.73 Å². The van der Waals surface area contributed by atoms with Crippen LogP contribution in [0, 0.1) is 11.6 Å². The van der Waals surface area contributed by atoms with Gasteiger partial charge in [-0.05, 0) is 48.6 Å². The van der Waals surface area contributed by atoms with Crippen molar-refractivity contribution in [1.82, 2.24) is 14.3 Å². The number of carbonyl (C=O) groups excluding carboxylic acids is 2. The zero-order valence-corrected chi connectivity index (χ0v) is 19.5. The maximum atomic E-state index is 14.0. The van der Waals surface area contributed by atoms with Crippen LogP contribution in [0.25, 0.3) is 0 Å². The highest BCUT2D eigenvalue weighted by atomic mass is 79.9. The molecule has 0 atom stereocenters. The Balaban J connectivity index is 1.54. The van der Waals surface area contributed by atoms with Crippen LogP contribution in [0.1, 0.15) is 28.8 Å². The molecule has 3 aromatic rings. The van der Waals surface area contributed by atoms with Crippen LogP contribution in [0.2, 0.25) is 0 Å². The first kappa shape index (κ1) is 24.5. The smallest absolute Gasteiger partial charge is 0.319 e. The van der Waals surface area contributed by atoms with Crippen molar-refractivity contribution in [1.29, 1.82) is 0 Å². The quantitative estimate of drug-likeness (QED) is 0.287. The van der Waals surface area contributed by atoms with Crippen LogP contribution in [0.5, 0.6) is 11.8 Å². The number of aryl methyl sites for hydroxylation is 1. The average molecular weight is 544 g/mol. The van der Waals surface area contributed by atoms with Gasteiger partial charge < -0.3 is 25.5 Å². The Morgan fingerprint density at radius 1 is 1.27 bits per heavy atom. The molecule has 13 heteroatoms. The number of nitrogens with zero attached hydrogens (tertiary/aromatic N) is 2. The number of amides is 3. The Bertz CT molecular complexity index is 1130. The number of aromatic hydroxyl groups is 1. The predicted octanol–water partition coefficient (Wildman–Crippen LogP) is 3.97. The van der Waals surface area contributed by atoms with Gasteiger partial charge in [0, 0.05) is 23.8 Å². The van der Waals surface area contributed by atoms with Gasteiger partial charge in [0.1, 0.15) is 28.8 Å². The SMILES string of the molecule is NC(=O)c1c(OCc2c(F)cc(Br)cc2F)nsc1NC(=O)NCCCCn1cccc1O. The molecule has 33 heavy (non-hydrogen) atoms. The molecule has 9 nitrogen and oxygen atoms in total. The van der Waals surface area contributed by atoms with Crippen LogP contribution in [-0.4, -0.2) is 32.5 Å². The third-order valence-electron chi connectivity index (χ3n) is 4.51. The lowest BCUT2D eigenvalue weighted by atomic mass is 10.2. The Morgan fingerprint density at radius 3 is 2.64 bits per heavy atom. The highest BCUT2D eigenvalue weighted by molar-refractivity contribution is 9.10. The monoisotopic (exact) mass is 543 g/mol. The molecule has 176 valence electrons. The first-order valence-corrected chi connectivity index (χ1v) is 11.3. The molecule has 0 aliphatic heterocycles. The van der Waals surface area contributed by atoms with E-state index < -0.39 is 30.2 Å². The molecule has 0 unspecified atom stereocenters. The summed E-state index contributed by atoms with van der Waals surface area (Å²) in [6, 6.07) is 4.89. The first-order valence-electron chi connectivity index (χ1n) is 9.71. The van der Waals surface area contributed by atoms with E-state index in [0.29, 0.717) is 19.5 Å². The van der Waals surface area contributed by atoms with E-state index >= 15 is 0 Å². The molecule has 0 radical (unpaired) electrons. The molecular formula is C20H20BrF2N5O4S. The second-order valence-electron chi connectivity index (χ2n) is 6.84. The Labute approximate surface area is 199 Å². The van der Waals surface area contributed by atoms with Gasteiger partial charge in [0.05, 0.1) is 5.56 Å². The van der Waals surface area contributed by atoms with Crippen LogP contribution >= 0.6 is 27.5 Å². The second kappa shape index (κ2) is 11.1. The molecule has 0 saturated carbocycles. The summed E-state index contributed by atoms with van der Waals surface area (Å²) in [4.78, 5) is 24.0. The third kappa shape index (κ3) is 6.42. The molecule has 5 N–H and O–H groups in total. The highest BCUT2D eigenvalue weighted by Crippen LogP contribution is 2.31. The van der Waals surface area contributed by atoms with Crippen molar-refractivity contribution in [3.05, 3.63) is 57.7 Å². The summed E-state index contributed by atoms with van der Waals surface area (Å²) >= 11 is 3.74. The largest absolute Gasteiger partial charge is 0.494 e. The second-order valence-corrected chi connectivity index (χ2v) is 8.53. The van der Waals surface area contributed by atoms with Crippen LogP contribution < -0.4 is 21.1 Å². The van der Waals surface area contributed by atoms with E-state index in [2.05, 4.69) is 30.9 Å². The van der Waals surface area contributed by atoms with Gasteiger partial charge in [-0.2, -0.15) is 4.37 Å². The third-order valence-corrected chi connectivity index (χ3v) is 5.71. The molecule has 0 aliphatic carbocycles. The van der Waals surface area contributed by atoms with Crippen molar-refractivity contribution < 1.29 is 28.2 Å². The minimum Gasteiger partial charge on any atom is -0.494 e. The molecular weight excluding hydrogens is 524 g/mol.